The molecule has 0 unspecified atom stereocenters. The van der Waals surface area contributed by atoms with Crippen LogP contribution in [0.25, 0.3) is 0 Å². The van der Waals surface area contributed by atoms with E-state index in [2.05, 4.69) is 23.8 Å². The molecule has 128 valence electrons. The Morgan fingerprint density at radius 3 is 2.50 bits per heavy atom. The van der Waals surface area contributed by atoms with E-state index in [-0.39, 0.29) is 10.6 Å². The Morgan fingerprint density at radius 1 is 1.21 bits per heavy atom. The van der Waals surface area contributed by atoms with Crippen LogP contribution in [0, 0.1) is 5.92 Å². The van der Waals surface area contributed by atoms with Crippen LogP contribution in [0.3, 0.4) is 0 Å². The van der Waals surface area contributed by atoms with Crippen molar-refractivity contribution in [2.45, 2.75) is 25.2 Å². The molecule has 0 atom stereocenters. The van der Waals surface area contributed by atoms with Crippen LogP contribution in [0.15, 0.2) is 52.5 Å². The molecule has 2 rings (SSSR count). The van der Waals surface area contributed by atoms with Crippen molar-refractivity contribution in [3.8, 4) is 5.75 Å². The van der Waals surface area contributed by atoms with E-state index in [9.17, 15) is 13.5 Å². The zero-order valence-corrected chi connectivity index (χ0v) is 15.0. The molecular weight excluding hydrogens is 348 g/mol. The second-order valence-electron chi connectivity index (χ2n) is 5.80. The first-order valence-corrected chi connectivity index (χ1v) is 9.26. The number of phenolic OH excluding ortho intramolecular Hbond substituents is 1. The Labute approximate surface area is 147 Å². The summed E-state index contributed by atoms with van der Waals surface area (Å²) in [6.07, 6.45) is 2.09. The number of hydrogen-bond donors (Lipinski definition) is 2. The predicted molar refractivity (Wildman–Crippen MR) is 96.0 cm³/mol. The molecule has 0 aliphatic rings. The monoisotopic (exact) mass is 366 g/mol. The van der Waals surface area contributed by atoms with Crippen LogP contribution < -0.4 is 4.83 Å². The number of sulfonamides is 1. The highest BCUT2D eigenvalue weighted by Crippen LogP contribution is 2.19. The Morgan fingerprint density at radius 2 is 1.88 bits per heavy atom. The normalized spacial score (nSPS) is 12.0. The molecule has 0 fully saturated rings. The highest BCUT2D eigenvalue weighted by molar-refractivity contribution is 7.89. The smallest absolute Gasteiger partial charge is 0.276 e. The molecule has 7 heteroatoms. The average molecular weight is 367 g/mol. The van der Waals surface area contributed by atoms with E-state index in [0.29, 0.717) is 16.5 Å². The van der Waals surface area contributed by atoms with E-state index < -0.39 is 10.0 Å². The van der Waals surface area contributed by atoms with Gasteiger partial charge in [0.25, 0.3) is 10.0 Å². The Hall–Kier alpha value is -2.05. The lowest BCUT2D eigenvalue weighted by Gasteiger charge is -2.07. The number of aromatic hydroxyl groups is 1. The molecule has 2 N–H and O–H groups in total. The van der Waals surface area contributed by atoms with Gasteiger partial charge in [-0.1, -0.05) is 37.6 Å². The first-order valence-electron chi connectivity index (χ1n) is 7.40. The third-order valence-electron chi connectivity index (χ3n) is 3.24. The number of nitrogens with zero attached hydrogens (tertiary/aromatic N) is 1. The van der Waals surface area contributed by atoms with Gasteiger partial charge in [-0.15, -0.1) is 0 Å². The molecule has 0 bridgehead atoms. The molecule has 0 heterocycles. The fourth-order valence-corrected chi connectivity index (χ4v) is 3.09. The minimum Gasteiger partial charge on any atom is -0.507 e. The van der Waals surface area contributed by atoms with E-state index in [1.807, 2.05) is 0 Å². The average Bonchev–Trinajstić information content (AvgIpc) is 2.50. The van der Waals surface area contributed by atoms with Gasteiger partial charge in [-0.05, 0) is 48.2 Å². The molecule has 0 saturated carbocycles. The third kappa shape index (κ3) is 4.97. The van der Waals surface area contributed by atoms with Gasteiger partial charge >= 0.3 is 0 Å². The van der Waals surface area contributed by atoms with Gasteiger partial charge in [0.05, 0.1) is 11.1 Å². The van der Waals surface area contributed by atoms with Crippen LogP contribution in [0.1, 0.15) is 25.0 Å². The Balaban J connectivity index is 2.10. The van der Waals surface area contributed by atoms with Crippen molar-refractivity contribution in [3.05, 3.63) is 58.6 Å². The molecule has 2 aromatic rings. The van der Waals surface area contributed by atoms with Gasteiger partial charge in [-0.2, -0.15) is 13.5 Å². The van der Waals surface area contributed by atoms with Crippen molar-refractivity contribution < 1.29 is 13.5 Å². The second-order valence-corrected chi connectivity index (χ2v) is 7.90. The zero-order valence-electron chi connectivity index (χ0n) is 13.4. The number of nitrogens with one attached hydrogen (secondary N) is 1. The van der Waals surface area contributed by atoms with Gasteiger partial charge in [0.15, 0.2) is 0 Å². The van der Waals surface area contributed by atoms with E-state index >= 15 is 0 Å². The summed E-state index contributed by atoms with van der Waals surface area (Å²) in [6.45, 7) is 4.21. The van der Waals surface area contributed by atoms with E-state index in [1.165, 1.54) is 24.4 Å². The highest BCUT2D eigenvalue weighted by atomic mass is 35.5. The topological polar surface area (TPSA) is 78.8 Å². The number of benzene rings is 2. The maximum absolute atomic E-state index is 12.2. The molecule has 0 aliphatic carbocycles. The maximum atomic E-state index is 12.2. The summed E-state index contributed by atoms with van der Waals surface area (Å²) in [5.74, 6) is 0.459. The van der Waals surface area contributed by atoms with Gasteiger partial charge < -0.3 is 5.11 Å². The fourth-order valence-electron chi connectivity index (χ4n) is 2.12. The van der Waals surface area contributed by atoms with Crippen LogP contribution in [-0.4, -0.2) is 19.7 Å². The van der Waals surface area contributed by atoms with Crippen LogP contribution in [0.2, 0.25) is 5.02 Å². The summed E-state index contributed by atoms with van der Waals surface area (Å²) < 4.78 is 24.4. The summed E-state index contributed by atoms with van der Waals surface area (Å²) in [5.41, 5.74) is 1.40. The number of phenols is 1. The number of halogens is 1. The van der Waals surface area contributed by atoms with Gasteiger partial charge in [0.2, 0.25) is 0 Å². The molecule has 0 spiro atoms. The Bertz CT molecular complexity index is 831. The number of rotatable bonds is 6. The number of hydrazone groups is 1. The van der Waals surface area contributed by atoms with Crippen LogP contribution in [0.5, 0.6) is 5.75 Å². The van der Waals surface area contributed by atoms with Gasteiger partial charge in [-0.3, -0.25) is 0 Å². The van der Waals surface area contributed by atoms with E-state index in [1.54, 1.807) is 24.3 Å². The summed E-state index contributed by atoms with van der Waals surface area (Å²) in [7, 11) is -3.76. The largest absolute Gasteiger partial charge is 0.507 e. The lowest BCUT2D eigenvalue weighted by molar-refractivity contribution is 0.474. The van der Waals surface area contributed by atoms with Crippen molar-refractivity contribution >= 4 is 27.8 Å². The van der Waals surface area contributed by atoms with Gasteiger partial charge in [-0.25, -0.2) is 4.83 Å². The Kier molecular flexibility index (Phi) is 5.85. The van der Waals surface area contributed by atoms with Crippen LogP contribution in [-0.2, 0) is 16.4 Å². The van der Waals surface area contributed by atoms with Crippen molar-refractivity contribution in [2.75, 3.05) is 0 Å². The third-order valence-corrected chi connectivity index (χ3v) is 4.72. The maximum Gasteiger partial charge on any atom is 0.276 e. The van der Waals surface area contributed by atoms with Crippen molar-refractivity contribution in [3.63, 3.8) is 0 Å². The molecule has 0 saturated heterocycles. The molecule has 0 aliphatic heterocycles. The van der Waals surface area contributed by atoms with Crippen molar-refractivity contribution in [1.82, 2.24) is 4.83 Å². The fraction of sp³-hybridized carbons (Fsp3) is 0.235. The minimum atomic E-state index is -3.76. The van der Waals surface area contributed by atoms with Crippen molar-refractivity contribution in [1.29, 1.82) is 0 Å². The molecule has 24 heavy (non-hydrogen) atoms. The second kappa shape index (κ2) is 7.68. The molecule has 0 amide bonds. The molecule has 0 aromatic heterocycles. The molecule has 2 aromatic carbocycles. The summed E-state index contributed by atoms with van der Waals surface area (Å²) in [6, 6.07) is 11.1. The lowest BCUT2D eigenvalue weighted by atomic mass is 10.0. The summed E-state index contributed by atoms with van der Waals surface area (Å²) >= 11 is 5.82. The molecule has 0 radical (unpaired) electrons. The summed E-state index contributed by atoms with van der Waals surface area (Å²) in [4.78, 5) is 2.25. The first kappa shape index (κ1) is 18.3. The molecular formula is C17H19ClN2O3S. The highest BCUT2D eigenvalue weighted by Gasteiger charge is 2.12. The SMILES string of the molecule is CC(C)Cc1ccc(S(=O)(=O)N/N=C\c2cc(Cl)ccc2O)cc1. The van der Waals surface area contributed by atoms with E-state index in [4.69, 9.17) is 11.6 Å². The standard InChI is InChI=1S/C17H19ClN2O3S/c1-12(2)9-13-3-6-16(7-4-13)24(22,23)20-19-11-14-10-15(18)5-8-17(14)21/h3-8,10-12,20-21H,9H2,1-2H3/b19-11-. The quantitative estimate of drug-likeness (QED) is 0.606. The van der Waals surface area contributed by atoms with Gasteiger partial charge in [0, 0.05) is 10.6 Å². The summed E-state index contributed by atoms with van der Waals surface area (Å²) in [5, 5.41) is 13.8. The van der Waals surface area contributed by atoms with Crippen LogP contribution >= 0.6 is 11.6 Å². The first-order chi connectivity index (χ1) is 11.3. The van der Waals surface area contributed by atoms with Crippen LogP contribution in [0.4, 0.5) is 0 Å². The van der Waals surface area contributed by atoms with Gasteiger partial charge in [0.1, 0.15) is 5.75 Å². The van der Waals surface area contributed by atoms with Crippen molar-refractivity contribution in [2.24, 2.45) is 11.0 Å². The van der Waals surface area contributed by atoms with E-state index in [0.717, 1.165) is 12.0 Å². The minimum absolute atomic E-state index is 0.0413. The predicted octanol–water partition coefficient (Wildman–Crippen LogP) is 3.56. The zero-order chi connectivity index (χ0) is 17.7. The molecule has 5 nitrogen and oxygen atoms in total. The number of hydrogen-bond acceptors (Lipinski definition) is 4. The lowest BCUT2D eigenvalue weighted by Crippen LogP contribution is -2.18.